The number of hydrogen-bond donors (Lipinski definition) is 2. The second-order valence-electron chi connectivity index (χ2n) is 4.51. The van der Waals surface area contributed by atoms with E-state index in [1.165, 1.54) is 0 Å². The molecule has 1 aliphatic rings. The molecule has 0 radical (unpaired) electrons. The molecule has 1 unspecified atom stereocenters. The van der Waals surface area contributed by atoms with Crippen molar-refractivity contribution in [1.29, 1.82) is 0 Å². The second-order valence-corrected chi connectivity index (χ2v) is 7.10. The molecule has 7 heteroatoms. The van der Waals surface area contributed by atoms with Crippen LogP contribution < -0.4 is 10.0 Å². The van der Waals surface area contributed by atoms with Crippen LogP contribution in [0.4, 0.5) is 0 Å². The van der Waals surface area contributed by atoms with E-state index in [1.54, 1.807) is 19.1 Å². The normalized spacial score (nSPS) is 19.2. The molecule has 0 aliphatic carbocycles. The molecule has 1 aromatic rings. The third kappa shape index (κ3) is 4.16. The highest BCUT2D eigenvalue weighted by Crippen LogP contribution is 2.23. The summed E-state index contributed by atoms with van der Waals surface area (Å²) in [6.45, 7) is 3.23. The Hall–Kier alpha value is -0.140. The fourth-order valence-corrected chi connectivity index (χ4v) is 3.94. The van der Waals surface area contributed by atoms with Gasteiger partial charge in [0.05, 0.1) is 4.90 Å². The van der Waals surface area contributed by atoms with Crippen molar-refractivity contribution in [1.82, 2.24) is 10.0 Å². The SMILES string of the molecule is Cc1c(Br)cccc1S(=O)(=O)NCC1CCCN1.Cl. The topological polar surface area (TPSA) is 58.2 Å². The molecule has 1 aromatic carbocycles. The zero-order valence-electron chi connectivity index (χ0n) is 10.6. The molecule has 1 heterocycles. The lowest BCUT2D eigenvalue weighted by molar-refractivity contribution is 0.551. The van der Waals surface area contributed by atoms with Gasteiger partial charge in [-0.15, -0.1) is 12.4 Å². The predicted molar refractivity (Wildman–Crippen MR) is 82.3 cm³/mol. The summed E-state index contributed by atoms with van der Waals surface area (Å²) in [6, 6.07) is 5.46. The van der Waals surface area contributed by atoms with Gasteiger partial charge in [0.15, 0.2) is 0 Å². The van der Waals surface area contributed by atoms with E-state index < -0.39 is 10.0 Å². The molecule has 1 saturated heterocycles. The molecule has 0 bridgehead atoms. The van der Waals surface area contributed by atoms with Gasteiger partial charge in [0.25, 0.3) is 0 Å². The molecular formula is C12H18BrClN2O2S. The highest BCUT2D eigenvalue weighted by molar-refractivity contribution is 9.10. The number of benzene rings is 1. The molecule has 0 amide bonds. The molecule has 1 aliphatic heterocycles. The first-order valence-corrected chi connectivity index (χ1v) is 8.26. The number of halogens is 2. The molecular weight excluding hydrogens is 352 g/mol. The first-order chi connectivity index (χ1) is 8.50. The van der Waals surface area contributed by atoms with E-state index >= 15 is 0 Å². The van der Waals surface area contributed by atoms with Crippen molar-refractivity contribution in [2.24, 2.45) is 0 Å². The zero-order valence-corrected chi connectivity index (χ0v) is 13.9. The van der Waals surface area contributed by atoms with Gasteiger partial charge in [0.2, 0.25) is 10.0 Å². The van der Waals surface area contributed by atoms with E-state index in [0.717, 1.165) is 29.4 Å². The molecule has 0 aromatic heterocycles. The monoisotopic (exact) mass is 368 g/mol. The summed E-state index contributed by atoms with van der Waals surface area (Å²) in [5, 5.41) is 3.27. The minimum absolute atomic E-state index is 0. The quantitative estimate of drug-likeness (QED) is 0.855. The van der Waals surface area contributed by atoms with E-state index in [-0.39, 0.29) is 18.4 Å². The van der Waals surface area contributed by atoms with Crippen LogP contribution in [0.15, 0.2) is 27.6 Å². The predicted octanol–water partition coefficient (Wildman–Crippen LogP) is 2.21. The van der Waals surface area contributed by atoms with Crippen LogP contribution in [0.1, 0.15) is 18.4 Å². The van der Waals surface area contributed by atoms with Gasteiger partial charge < -0.3 is 5.32 Å². The highest BCUT2D eigenvalue weighted by atomic mass is 79.9. The van der Waals surface area contributed by atoms with Crippen LogP contribution in [0.3, 0.4) is 0 Å². The van der Waals surface area contributed by atoms with Crippen molar-refractivity contribution >= 4 is 38.4 Å². The Labute approximate surface area is 128 Å². The van der Waals surface area contributed by atoms with E-state index in [1.807, 2.05) is 6.07 Å². The fourth-order valence-electron chi connectivity index (χ4n) is 2.10. The lowest BCUT2D eigenvalue weighted by atomic mass is 10.2. The first-order valence-electron chi connectivity index (χ1n) is 5.99. The van der Waals surface area contributed by atoms with Crippen LogP contribution >= 0.6 is 28.3 Å². The molecule has 1 fully saturated rings. The van der Waals surface area contributed by atoms with E-state index in [0.29, 0.717) is 11.4 Å². The maximum absolute atomic E-state index is 12.2. The number of rotatable bonds is 4. The molecule has 19 heavy (non-hydrogen) atoms. The maximum Gasteiger partial charge on any atom is 0.240 e. The van der Waals surface area contributed by atoms with E-state index in [9.17, 15) is 8.42 Å². The minimum atomic E-state index is -3.42. The van der Waals surface area contributed by atoms with Crippen molar-refractivity contribution in [3.8, 4) is 0 Å². The molecule has 0 spiro atoms. The Morgan fingerprint density at radius 2 is 2.21 bits per heavy atom. The standard InChI is InChI=1S/C12H17BrN2O2S.ClH/c1-9-11(13)5-2-6-12(9)18(16,17)15-8-10-4-3-7-14-10;/h2,5-6,10,14-15H,3-4,7-8H2,1H3;1H. The third-order valence-corrected chi connectivity index (χ3v) is 5.62. The average molecular weight is 370 g/mol. The Morgan fingerprint density at radius 1 is 1.47 bits per heavy atom. The van der Waals surface area contributed by atoms with Crippen molar-refractivity contribution in [2.75, 3.05) is 13.1 Å². The van der Waals surface area contributed by atoms with Crippen LogP contribution in [-0.4, -0.2) is 27.5 Å². The van der Waals surface area contributed by atoms with Gasteiger partial charge in [-0.3, -0.25) is 0 Å². The largest absolute Gasteiger partial charge is 0.313 e. The summed E-state index contributed by atoms with van der Waals surface area (Å²) in [5.41, 5.74) is 0.740. The summed E-state index contributed by atoms with van der Waals surface area (Å²) in [6.07, 6.45) is 2.14. The van der Waals surface area contributed by atoms with E-state index in [2.05, 4.69) is 26.0 Å². The van der Waals surface area contributed by atoms with Crippen LogP contribution in [-0.2, 0) is 10.0 Å². The van der Waals surface area contributed by atoms with Crippen LogP contribution in [0.2, 0.25) is 0 Å². The minimum Gasteiger partial charge on any atom is -0.313 e. The van der Waals surface area contributed by atoms with Crippen molar-refractivity contribution in [3.05, 3.63) is 28.2 Å². The Kier molecular flexibility index (Phi) is 6.26. The van der Waals surface area contributed by atoms with Crippen molar-refractivity contribution in [3.63, 3.8) is 0 Å². The zero-order chi connectivity index (χ0) is 13.2. The van der Waals surface area contributed by atoms with Gasteiger partial charge in [-0.1, -0.05) is 22.0 Å². The van der Waals surface area contributed by atoms with Crippen LogP contribution in [0, 0.1) is 6.92 Å². The number of nitrogens with one attached hydrogen (secondary N) is 2. The average Bonchev–Trinajstić information content (AvgIpc) is 2.83. The highest BCUT2D eigenvalue weighted by Gasteiger charge is 2.21. The summed E-state index contributed by atoms with van der Waals surface area (Å²) in [4.78, 5) is 0.342. The van der Waals surface area contributed by atoms with E-state index in [4.69, 9.17) is 0 Å². The summed E-state index contributed by atoms with van der Waals surface area (Å²) >= 11 is 3.35. The maximum atomic E-state index is 12.2. The van der Waals surface area contributed by atoms with Crippen LogP contribution in [0.5, 0.6) is 0 Å². The first kappa shape index (κ1) is 16.9. The Bertz CT molecular complexity index is 531. The fraction of sp³-hybridized carbons (Fsp3) is 0.500. The number of sulfonamides is 1. The van der Waals surface area contributed by atoms with Gasteiger partial charge >= 0.3 is 0 Å². The molecule has 1 atom stereocenters. The third-order valence-electron chi connectivity index (χ3n) is 3.19. The molecule has 108 valence electrons. The number of hydrogen-bond acceptors (Lipinski definition) is 3. The summed E-state index contributed by atoms with van der Waals surface area (Å²) in [5.74, 6) is 0. The molecule has 2 rings (SSSR count). The molecule has 0 saturated carbocycles. The molecule has 2 N–H and O–H groups in total. The van der Waals surface area contributed by atoms with Gasteiger partial charge in [-0.05, 0) is 44.0 Å². The Balaban J connectivity index is 0.00000180. The van der Waals surface area contributed by atoms with Crippen molar-refractivity contribution in [2.45, 2.75) is 30.7 Å². The smallest absolute Gasteiger partial charge is 0.240 e. The van der Waals surface area contributed by atoms with Crippen LogP contribution in [0.25, 0.3) is 0 Å². The van der Waals surface area contributed by atoms with Crippen molar-refractivity contribution < 1.29 is 8.42 Å². The summed E-state index contributed by atoms with van der Waals surface area (Å²) in [7, 11) is -3.42. The van der Waals surface area contributed by atoms with Gasteiger partial charge in [0, 0.05) is 17.1 Å². The second kappa shape index (κ2) is 7.04. The summed E-state index contributed by atoms with van der Waals surface area (Å²) < 4.78 is 27.9. The Morgan fingerprint density at radius 3 is 2.84 bits per heavy atom. The van der Waals surface area contributed by atoms with Gasteiger partial charge in [-0.25, -0.2) is 13.1 Å². The van der Waals surface area contributed by atoms with Gasteiger partial charge in [-0.2, -0.15) is 0 Å². The lowest BCUT2D eigenvalue weighted by Crippen LogP contribution is -2.37. The molecule has 4 nitrogen and oxygen atoms in total. The lowest BCUT2D eigenvalue weighted by Gasteiger charge is -2.13. The van der Waals surface area contributed by atoms with Gasteiger partial charge in [0.1, 0.15) is 0 Å².